The molecular formula is C21H36O4. The number of hydrogen-bond donors (Lipinski definition) is 0. The lowest BCUT2D eigenvalue weighted by Gasteiger charge is -2.08. The molecule has 0 atom stereocenters. The highest BCUT2D eigenvalue weighted by Gasteiger charge is 2.07. The van der Waals surface area contributed by atoms with Crippen LogP contribution >= 0.6 is 0 Å². The number of esters is 2. The van der Waals surface area contributed by atoms with Gasteiger partial charge in [-0.2, -0.15) is 0 Å². The Balaban J connectivity index is 0. The fourth-order valence-corrected chi connectivity index (χ4v) is 2.04. The summed E-state index contributed by atoms with van der Waals surface area (Å²) in [6.45, 7) is 10.4. The zero-order chi connectivity index (χ0) is 19.7. The Morgan fingerprint density at radius 2 is 1.52 bits per heavy atom. The van der Waals surface area contributed by atoms with Crippen LogP contribution in [0.2, 0.25) is 0 Å². The van der Waals surface area contributed by atoms with Crippen LogP contribution in [-0.4, -0.2) is 26.2 Å². The highest BCUT2D eigenvalue weighted by atomic mass is 16.5. The zero-order valence-electron chi connectivity index (χ0n) is 17.1. The average molecular weight is 353 g/mol. The lowest BCUT2D eigenvalue weighted by atomic mass is 9.99. The smallest absolute Gasteiger partial charge is 0.309 e. The molecule has 1 aromatic carbocycles. The zero-order valence-corrected chi connectivity index (χ0v) is 17.1. The fourth-order valence-electron chi connectivity index (χ4n) is 2.04. The maximum absolute atomic E-state index is 11.2. The minimum Gasteiger partial charge on any atom is -0.469 e. The lowest BCUT2D eigenvalue weighted by molar-refractivity contribution is -0.141. The molecule has 0 saturated heterocycles. The molecule has 25 heavy (non-hydrogen) atoms. The summed E-state index contributed by atoms with van der Waals surface area (Å²) in [4.78, 5) is 22.3. The third kappa shape index (κ3) is 13.2. The molecule has 0 aliphatic rings. The second kappa shape index (κ2) is 17.0. The molecule has 0 amide bonds. The lowest BCUT2D eigenvalue weighted by Crippen LogP contribution is -2.06. The van der Waals surface area contributed by atoms with Crippen LogP contribution in [0.5, 0.6) is 0 Å². The normalized spacial score (nSPS) is 9.08. The van der Waals surface area contributed by atoms with E-state index in [4.69, 9.17) is 0 Å². The summed E-state index contributed by atoms with van der Waals surface area (Å²) in [7, 11) is 2.75. The van der Waals surface area contributed by atoms with Crippen LogP contribution in [-0.2, 0) is 31.9 Å². The van der Waals surface area contributed by atoms with E-state index >= 15 is 0 Å². The van der Waals surface area contributed by atoms with E-state index < -0.39 is 0 Å². The van der Waals surface area contributed by atoms with Crippen LogP contribution in [0.1, 0.15) is 70.1 Å². The van der Waals surface area contributed by atoms with Gasteiger partial charge in [0.25, 0.3) is 0 Å². The predicted molar refractivity (Wildman–Crippen MR) is 104 cm³/mol. The van der Waals surface area contributed by atoms with Gasteiger partial charge in [-0.05, 0) is 30.0 Å². The Bertz CT molecular complexity index is 479. The van der Waals surface area contributed by atoms with Crippen LogP contribution in [0.25, 0.3) is 0 Å². The van der Waals surface area contributed by atoms with Gasteiger partial charge in [0.05, 0.1) is 20.6 Å². The van der Waals surface area contributed by atoms with Crippen molar-refractivity contribution in [2.45, 2.75) is 73.1 Å². The number of benzene rings is 1. The number of ether oxygens (including phenoxy) is 2. The van der Waals surface area contributed by atoms with Gasteiger partial charge in [0.2, 0.25) is 0 Å². The molecule has 0 saturated carbocycles. The van der Waals surface area contributed by atoms with Crippen LogP contribution in [0.4, 0.5) is 0 Å². The number of methoxy groups -OCH3 is 2. The Morgan fingerprint density at radius 3 is 1.96 bits per heavy atom. The first-order valence-electron chi connectivity index (χ1n) is 9.20. The quantitative estimate of drug-likeness (QED) is 0.645. The van der Waals surface area contributed by atoms with Gasteiger partial charge in [0.15, 0.2) is 0 Å². The third-order valence-corrected chi connectivity index (χ3v) is 3.52. The monoisotopic (exact) mass is 352 g/mol. The van der Waals surface area contributed by atoms with Crippen molar-refractivity contribution in [3.8, 4) is 0 Å². The van der Waals surface area contributed by atoms with E-state index in [9.17, 15) is 9.59 Å². The molecular weight excluding hydrogens is 316 g/mol. The Labute approximate surface area is 153 Å². The molecule has 4 heteroatoms. The number of rotatable bonds is 7. The standard InChI is InChI=1S/C14H18O4.C5H12.C2H6/c1-10-4-5-11(9-14(16)18-3)8-12(10)6-7-13(15)17-2;1-3-5-4-2;1-2/h4-5,8H,6-7,9H2,1-3H3;3-5H2,1-2H3;1-2H3. The highest BCUT2D eigenvalue weighted by Crippen LogP contribution is 2.14. The maximum Gasteiger partial charge on any atom is 0.309 e. The molecule has 4 nitrogen and oxygen atoms in total. The molecule has 0 aliphatic heterocycles. The van der Waals surface area contributed by atoms with E-state index in [0.717, 1.165) is 16.7 Å². The summed E-state index contributed by atoms with van der Waals surface area (Å²) in [5.41, 5.74) is 3.06. The Hall–Kier alpha value is -1.84. The molecule has 0 bridgehead atoms. The first-order valence-corrected chi connectivity index (χ1v) is 9.20. The van der Waals surface area contributed by atoms with Crippen LogP contribution in [0.3, 0.4) is 0 Å². The Kier molecular flexibility index (Phi) is 17.3. The molecule has 0 heterocycles. The van der Waals surface area contributed by atoms with Gasteiger partial charge >= 0.3 is 11.9 Å². The van der Waals surface area contributed by atoms with Crippen molar-refractivity contribution in [3.05, 3.63) is 34.9 Å². The van der Waals surface area contributed by atoms with Crippen molar-refractivity contribution in [1.29, 1.82) is 0 Å². The van der Waals surface area contributed by atoms with Crippen LogP contribution in [0.15, 0.2) is 18.2 Å². The molecule has 0 N–H and O–H groups in total. The van der Waals surface area contributed by atoms with Crippen molar-refractivity contribution < 1.29 is 19.1 Å². The first kappa shape index (κ1) is 25.4. The van der Waals surface area contributed by atoms with Gasteiger partial charge in [-0.1, -0.05) is 65.2 Å². The van der Waals surface area contributed by atoms with Crippen molar-refractivity contribution in [2.75, 3.05) is 14.2 Å². The highest BCUT2D eigenvalue weighted by molar-refractivity contribution is 5.72. The molecule has 1 rings (SSSR count). The van der Waals surface area contributed by atoms with E-state index in [1.807, 2.05) is 39.0 Å². The van der Waals surface area contributed by atoms with Crippen molar-refractivity contribution in [2.24, 2.45) is 0 Å². The molecule has 0 unspecified atom stereocenters. The topological polar surface area (TPSA) is 52.6 Å². The van der Waals surface area contributed by atoms with E-state index in [1.165, 1.54) is 33.5 Å². The van der Waals surface area contributed by atoms with Crippen molar-refractivity contribution >= 4 is 11.9 Å². The van der Waals surface area contributed by atoms with Crippen molar-refractivity contribution in [1.82, 2.24) is 0 Å². The van der Waals surface area contributed by atoms with Gasteiger partial charge in [-0.25, -0.2) is 0 Å². The summed E-state index contributed by atoms with van der Waals surface area (Å²) in [6, 6.07) is 5.79. The number of carbonyl (C=O) groups excluding carboxylic acids is 2. The van der Waals surface area contributed by atoms with Crippen molar-refractivity contribution in [3.63, 3.8) is 0 Å². The van der Waals surface area contributed by atoms with Crippen LogP contribution in [0, 0.1) is 6.92 Å². The van der Waals surface area contributed by atoms with Gasteiger partial charge in [-0.15, -0.1) is 0 Å². The van der Waals surface area contributed by atoms with E-state index in [0.29, 0.717) is 12.8 Å². The number of unbranched alkanes of at least 4 members (excludes halogenated alkanes) is 2. The van der Waals surface area contributed by atoms with Crippen LogP contribution < -0.4 is 0 Å². The number of carbonyl (C=O) groups is 2. The maximum atomic E-state index is 11.2. The molecule has 0 aromatic heterocycles. The molecule has 144 valence electrons. The number of aryl methyl sites for hydroxylation is 2. The second-order valence-corrected chi connectivity index (χ2v) is 5.44. The molecule has 1 aromatic rings. The minimum absolute atomic E-state index is 0.229. The van der Waals surface area contributed by atoms with E-state index in [2.05, 4.69) is 23.3 Å². The molecule has 0 spiro atoms. The van der Waals surface area contributed by atoms with Gasteiger partial charge in [0, 0.05) is 6.42 Å². The average Bonchev–Trinajstić information content (AvgIpc) is 2.64. The van der Waals surface area contributed by atoms with Gasteiger partial charge < -0.3 is 9.47 Å². The third-order valence-electron chi connectivity index (χ3n) is 3.52. The summed E-state index contributed by atoms with van der Waals surface area (Å²) in [5, 5.41) is 0. The van der Waals surface area contributed by atoms with Gasteiger partial charge in [0.1, 0.15) is 0 Å². The summed E-state index contributed by atoms with van der Waals surface area (Å²) in [6.07, 6.45) is 5.29. The first-order chi connectivity index (χ1) is 12.0. The fraction of sp³-hybridized carbons (Fsp3) is 0.619. The van der Waals surface area contributed by atoms with E-state index in [-0.39, 0.29) is 18.4 Å². The summed E-state index contributed by atoms with van der Waals surface area (Å²) < 4.78 is 9.24. The SMILES string of the molecule is CC.CCCCC.COC(=O)CCc1cc(CC(=O)OC)ccc1C. The molecule has 0 aliphatic carbocycles. The molecule has 0 radical (unpaired) electrons. The largest absolute Gasteiger partial charge is 0.469 e. The second-order valence-electron chi connectivity index (χ2n) is 5.44. The number of hydrogen-bond acceptors (Lipinski definition) is 4. The molecule has 0 fully saturated rings. The van der Waals surface area contributed by atoms with Gasteiger partial charge in [-0.3, -0.25) is 9.59 Å². The minimum atomic E-state index is -0.266. The summed E-state index contributed by atoms with van der Waals surface area (Å²) >= 11 is 0. The van der Waals surface area contributed by atoms with E-state index in [1.54, 1.807) is 0 Å². The predicted octanol–water partition coefficient (Wildman–Crippen LogP) is 5.04. The Morgan fingerprint density at radius 1 is 0.960 bits per heavy atom. The summed E-state index contributed by atoms with van der Waals surface area (Å²) in [5.74, 6) is -0.495.